The molecule has 0 aliphatic carbocycles. The molecule has 3 aromatic rings. The number of methoxy groups -OCH3 is 1. The monoisotopic (exact) mass is 366 g/mol. The van der Waals surface area contributed by atoms with Crippen LogP contribution in [0.1, 0.15) is 11.1 Å². The highest BCUT2D eigenvalue weighted by molar-refractivity contribution is 5.95. The number of aromatic amines is 1. The Balaban J connectivity index is 1.72. The van der Waals surface area contributed by atoms with Gasteiger partial charge < -0.3 is 15.0 Å². The average molecular weight is 366 g/mol. The van der Waals surface area contributed by atoms with Crippen molar-refractivity contribution in [2.75, 3.05) is 7.11 Å². The molecule has 1 amide bonds. The number of H-pyrrole nitrogens is 1. The molecule has 0 saturated heterocycles. The number of ether oxygens (including phenoxy) is 1. The summed E-state index contributed by atoms with van der Waals surface area (Å²) < 4.78 is 17.7. The predicted octanol–water partition coefficient (Wildman–Crippen LogP) is 3.22. The van der Waals surface area contributed by atoms with Crippen LogP contribution in [0.15, 0.2) is 60.8 Å². The number of benzene rings is 2. The Morgan fingerprint density at radius 3 is 2.67 bits per heavy atom. The number of amides is 1. The Morgan fingerprint density at radius 2 is 1.93 bits per heavy atom. The normalized spacial score (nSPS) is 12.2. The summed E-state index contributed by atoms with van der Waals surface area (Å²) >= 11 is 0. The van der Waals surface area contributed by atoms with Crippen LogP contribution in [0.5, 0.6) is 0 Å². The van der Waals surface area contributed by atoms with Gasteiger partial charge in [0.05, 0.1) is 7.11 Å². The van der Waals surface area contributed by atoms with Gasteiger partial charge in [0.1, 0.15) is 11.9 Å². The molecule has 27 heavy (non-hydrogen) atoms. The van der Waals surface area contributed by atoms with Crippen LogP contribution in [0.3, 0.4) is 0 Å². The number of carbonyl (C=O) groups excluding carboxylic acids is 2. The fraction of sp³-hybridized carbons (Fsp3) is 0.143. The average Bonchev–Trinajstić information content (AvgIpc) is 3.09. The number of para-hydroxylation sites is 1. The van der Waals surface area contributed by atoms with E-state index in [0.29, 0.717) is 12.0 Å². The molecule has 3 rings (SSSR count). The van der Waals surface area contributed by atoms with E-state index in [1.165, 1.54) is 25.3 Å². The third-order valence-electron chi connectivity index (χ3n) is 4.20. The molecule has 138 valence electrons. The Labute approximate surface area is 155 Å². The highest BCUT2D eigenvalue weighted by Crippen LogP contribution is 2.19. The number of hydrogen-bond acceptors (Lipinski definition) is 3. The van der Waals surface area contributed by atoms with Crippen molar-refractivity contribution in [2.45, 2.75) is 12.5 Å². The van der Waals surface area contributed by atoms with Gasteiger partial charge in [0.15, 0.2) is 0 Å². The standard InChI is InChI=1S/C21H19FN2O3/c1-27-21(26)19(12-15-13-23-18-5-3-2-4-17(15)18)24-20(25)11-8-14-6-9-16(22)10-7-14/h2-11,13,19,23H,12H2,1H3,(H,24,25)/b11-8+. The number of halogens is 1. The van der Waals surface area contributed by atoms with Gasteiger partial charge in [-0.1, -0.05) is 30.3 Å². The first kappa shape index (κ1) is 18.4. The number of hydrogen-bond donors (Lipinski definition) is 2. The highest BCUT2D eigenvalue weighted by Gasteiger charge is 2.22. The summed E-state index contributed by atoms with van der Waals surface area (Å²) in [5.74, 6) is -1.31. The van der Waals surface area contributed by atoms with E-state index in [2.05, 4.69) is 10.3 Å². The quantitative estimate of drug-likeness (QED) is 0.520. The van der Waals surface area contributed by atoms with Crippen LogP contribution in [0.2, 0.25) is 0 Å². The van der Waals surface area contributed by atoms with Crippen molar-refractivity contribution in [2.24, 2.45) is 0 Å². The second-order valence-corrected chi connectivity index (χ2v) is 6.03. The first-order chi connectivity index (χ1) is 13.1. The molecule has 0 aliphatic heterocycles. The predicted molar refractivity (Wildman–Crippen MR) is 101 cm³/mol. The van der Waals surface area contributed by atoms with Gasteiger partial charge in [0.2, 0.25) is 5.91 Å². The van der Waals surface area contributed by atoms with Gasteiger partial charge >= 0.3 is 5.97 Å². The molecule has 0 aliphatic rings. The lowest BCUT2D eigenvalue weighted by Crippen LogP contribution is -2.42. The van der Waals surface area contributed by atoms with E-state index in [4.69, 9.17) is 4.74 Å². The molecule has 6 heteroatoms. The fourth-order valence-corrected chi connectivity index (χ4v) is 2.82. The minimum Gasteiger partial charge on any atom is -0.467 e. The smallest absolute Gasteiger partial charge is 0.328 e. The lowest BCUT2D eigenvalue weighted by atomic mass is 10.0. The Bertz CT molecular complexity index is 977. The second kappa shape index (κ2) is 8.31. The third-order valence-corrected chi connectivity index (χ3v) is 4.20. The molecule has 2 aromatic carbocycles. The van der Waals surface area contributed by atoms with Crippen LogP contribution in [-0.4, -0.2) is 30.0 Å². The largest absolute Gasteiger partial charge is 0.467 e. The van der Waals surface area contributed by atoms with Gasteiger partial charge in [0.25, 0.3) is 0 Å². The zero-order chi connectivity index (χ0) is 19.2. The zero-order valence-electron chi connectivity index (χ0n) is 14.7. The van der Waals surface area contributed by atoms with Crippen LogP contribution in [0.4, 0.5) is 4.39 Å². The maximum atomic E-state index is 12.9. The Kier molecular flexibility index (Phi) is 5.66. The molecule has 5 nitrogen and oxygen atoms in total. The number of rotatable bonds is 6. The van der Waals surface area contributed by atoms with Crippen molar-refractivity contribution in [1.82, 2.24) is 10.3 Å². The van der Waals surface area contributed by atoms with Gasteiger partial charge in [-0.3, -0.25) is 4.79 Å². The summed E-state index contributed by atoms with van der Waals surface area (Å²) in [7, 11) is 1.28. The Hall–Kier alpha value is -3.41. The fourth-order valence-electron chi connectivity index (χ4n) is 2.82. The van der Waals surface area contributed by atoms with E-state index in [1.54, 1.807) is 18.2 Å². The topological polar surface area (TPSA) is 71.2 Å². The highest BCUT2D eigenvalue weighted by atomic mass is 19.1. The van der Waals surface area contributed by atoms with Crippen molar-refractivity contribution in [3.63, 3.8) is 0 Å². The molecular formula is C21H19FN2O3. The Morgan fingerprint density at radius 1 is 1.19 bits per heavy atom. The van der Waals surface area contributed by atoms with E-state index < -0.39 is 17.9 Å². The molecule has 0 radical (unpaired) electrons. The van der Waals surface area contributed by atoms with Crippen molar-refractivity contribution in [1.29, 1.82) is 0 Å². The van der Waals surface area contributed by atoms with Gasteiger partial charge in [0, 0.05) is 29.6 Å². The van der Waals surface area contributed by atoms with Gasteiger partial charge in [-0.05, 0) is 35.4 Å². The summed E-state index contributed by atoms with van der Waals surface area (Å²) in [5.41, 5.74) is 2.54. The number of esters is 1. The molecule has 0 fully saturated rings. The summed E-state index contributed by atoms with van der Waals surface area (Å²) in [6, 6.07) is 12.6. The number of carbonyl (C=O) groups is 2. The lowest BCUT2D eigenvalue weighted by Gasteiger charge is -2.15. The molecule has 1 aromatic heterocycles. The first-order valence-electron chi connectivity index (χ1n) is 8.44. The zero-order valence-corrected chi connectivity index (χ0v) is 14.7. The SMILES string of the molecule is COC(=O)C(Cc1c[nH]c2ccccc12)NC(=O)/C=C/c1ccc(F)cc1. The van der Waals surface area contributed by atoms with E-state index in [9.17, 15) is 14.0 Å². The lowest BCUT2D eigenvalue weighted by molar-refractivity contribution is -0.144. The second-order valence-electron chi connectivity index (χ2n) is 6.03. The number of nitrogens with one attached hydrogen (secondary N) is 2. The summed E-state index contributed by atoms with van der Waals surface area (Å²) in [5, 5.41) is 3.65. The molecule has 2 N–H and O–H groups in total. The summed E-state index contributed by atoms with van der Waals surface area (Å²) in [6.45, 7) is 0. The maximum Gasteiger partial charge on any atom is 0.328 e. The van der Waals surface area contributed by atoms with Crippen molar-refractivity contribution < 1.29 is 18.7 Å². The van der Waals surface area contributed by atoms with E-state index in [1.807, 2.05) is 30.5 Å². The minimum atomic E-state index is -0.820. The molecule has 1 unspecified atom stereocenters. The van der Waals surface area contributed by atoms with Crippen LogP contribution in [-0.2, 0) is 20.7 Å². The molecule has 1 atom stereocenters. The molecular weight excluding hydrogens is 347 g/mol. The molecule has 1 heterocycles. The van der Waals surface area contributed by atoms with Crippen molar-refractivity contribution in [3.05, 3.63) is 77.7 Å². The van der Waals surface area contributed by atoms with Crippen LogP contribution >= 0.6 is 0 Å². The first-order valence-corrected chi connectivity index (χ1v) is 8.44. The maximum absolute atomic E-state index is 12.9. The number of fused-ring (bicyclic) bond motifs is 1. The van der Waals surface area contributed by atoms with Crippen LogP contribution in [0, 0.1) is 5.82 Å². The van der Waals surface area contributed by atoms with Gasteiger partial charge in [-0.2, -0.15) is 0 Å². The van der Waals surface area contributed by atoms with E-state index >= 15 is 0 Å². The third kappa shape index (κ3) is 4.61. The van der Waals surface area contributed by atoms with Crippen molar-refractivity contribution >= 4 is 28.9 Å². The number of aromatic nitrogens is 1. The van der Waals surface area contributed by atoms with Gasteiger partial charge in [-0.15, -0.1) is 0 Å². The van der Waals surface area contributed by atoms with Crippen LogP contribution in [0.25, 0.3) is 17.0 Å². The summed E-state index contributed by atoms with van der Waals surface area (Å²) in [6.07, 6.45) is 4.97. The van der Waals surface area contributed by atoms with Gasteiger partial charge in [-0.25, -0.2) is 9.18 Å². The summed E-state index contributed by atoms with van der Waals surface area (Å²) in [4.78, 5) is 27.5. The van der Waals surface area contributed by atoms with E-state index in [-0.39, 0.29) is 5.82 Å². The van der Waals surface area contributed by atoms with Crippen LogP contribution < -0.4 is 5.32 Å². The minimum absolute atomic E-state index is 0.298. The van der Waals surface area contributed by atoms with E-state index in [0.717, 1.165) is 16.5 Å². The molecule has 0 saturated carbocycles. The molecule has 0 bridgehead atoms. The molecule has 0 spiro atoms. The van der Waals surface area contributed by atoms with Crippen molar-refractivity contribution in [3.8, 4) is 0 Å².